The van der Waals surface area contributed by atoms with Crippen molar-refractivity contribution in [2.24, 2.45) is 24.8 Å². The quantitative estimate of drug-likeness (QED) is 0.706. The standard InChI is InChI=1S/C14H20N2/c1-16-9-13(8-15-16)14-5-10-2-11(6-14)4-12(3-10)7-14/h8-12H,2-7H2,1H3. The molecule has 0 unspecified atom stereocenters. The molecule has 0 aliphatic heterocycles. The molecule has 4 aliphatic carbocycles. The fraction of sp³-hybridized carbons (Fsp3) is 0.786. The highest BCUT2D eigenvalue weighted by molar-refractivity contribution is 5.24. The fourth-order valence-electron chi connectivity index (χ4n) is 5.16. The van der Waals surface area contributed by atoms with Gasteiger partial charge in [-0.15, -0.1) is 0 Å². The molecule has 0 saturated heterocycles. The Balaban J connectivity index is 1.76. The van der Waals surface area contributed by atoms with Gasteiger partial charge in [-0.2, -0.15) is 5.10 Å². The summed E-state index contributed by atoms with van der Waals surface area (Å²) >= 11 is 0. The van der Waals surface area contributed by atoms with Gasteiger partial charge in [0, 0.05) is 13.2 Å². The Kier molecular flexibility index (Phi) is 1.68. The van der Waals surface area contributed by atoms with Crippen LogP contribution in [0.4, 0.5) is 0 Å². The van der Waals surface area contributed by atoms with Gasteiger partial charge in [-0.25, -0.2) is 0 Å². The molecule has 0 amide bonds. The summed E-state index contributed by atoms with van der Waals surface area (Å²) in [7, 11) is 2.05. The maximum atomic E-state index is 4.39. The average Bonchev–Trinajstić information content (AvgIpc) is 2.63. The Morgan fingerprint density at radius 1 is 1.12 bits per heavy atom. The van der Waals surface area contributed by atoms with Gasteiger partial charge in [0.05, 0.1) is 6.20 Å². The smallest absolute Gasteiger partial charge is 0.0527 e. The van der Waals surface area contributed by atoms with Crippen molar-refractivity contribution in [2.45, 2.75) is 43.9 Å². The van der Waals surface area contributed by atoms with Gasteiger partial charge in [-0.1, -0.05) is 0 Å². The number of rotatable bonds is 1. The monoisotopic (exact) mass is 216 g/mol. The summed E-state index contributed by atoms with van der Waals surface area (Å²) in [4.78, 5) is 0. The van der Waals surface area contributed by atoms with Crippen LogP contribution in [0.15, 0.2) is 12.4 Å². The first kappa shape index (κ1) is 9.26. The molecule has 4 bridgehead atoms. The zero-order chi connectivity index (χ0) is 10.8. The molecule has 0 atom stereocenters. The first-order valence-corrected chi connectivity index (χ1v) is 6.73. The minimum absolute atomic E-state index is 0.531. The van der Waals surface area contributed by atoms with Gasteiger partial charge in [0.25, 0.3) is 0 Å². The SMILES string of the molecule is Cn1cc(C23CC4CC(CC(C4)C2)C3)cn1. The van der Waals surface area contributed by atoms with E-state index in [9.17, 15) is 0 Å². The molecule has 5 rings (SSSR count). The second-order valence-electron chi connectivity index (χ2n) is 6.60. The summed E-state index contributed by atoms with van der Waals surface area (Å²) in [5.74, 6) is 3.10. The lowest BCUT2D eigenvalue weighted by atomic mass is 9.48. The van der Waals surface area contributed by atoms with Crippen LogP contribution in [-0.2, 0) is 12.5 Å². The predicted molar refractivity (Wildman–Crippen MR) is 63.1 cm³/mol. The van der Waals surface area contributed by atoms with Gasteiger partial charge in [0.2, 0.25) is 0 Å². The number of hydrogen-bond acceptors (Lipinski definition) is 1. The lowest BCUT2D eigenvalue weighted by Crippen LogP contribution is -2.48. The molecule has 2 nitrogen and oxygen atoms in total. The molecule has 0 spiro atoms. The summed E-state index contributed by atoms with van der Waals surface area (Å²) in [5, 5.41) is 4.39. The van der Waals surface area contributed by atoms with Crippen molar-refractivity contribution in [3.8, 4) is 0 Å². The number of aromatic nitrogens is 2. The van der Waals surface area contributed by atoms with Crippen LogP contribution in [0.25, 0.3) is 0 Å². The zero-order valence-corrected chi connectivity index (χ0v) is 10.0. The lowest BCUT2D eigenvalue weighted by molar-refractivity contribution is -0.00521. The largest absolute Gasteiger partial charge is 0.276 e. The van der Waals surface area contributed by atoms with Crippen LogP contribution in [0.1, 0.15) is 44.1 Å². The molecular formula is C14H20N2. The first-order chi connectivity index (χ1) is 7.73. The summed E-state index contributed by atoms with van der Waals surface area (Å²) in [6.07, 6.45) is 13.3. The fourth-order valence-corrected chi connectivity index (χ4v) is 5.16. The van der Waals surface area contributed by atoms with Crippen LogP contribution >= 0.6 is 0 Å². The first-order valence-electron chi connectivity index (χ1n) is 6.73. The van der Waals surface area contributed by atoms with Crippen LogP contribution in [0.2, 0.25) is 0 Å². The van der Waals surface area contributed by atoms with Gasteiger partial charge < -0.3 is 0 Å². The van der Waals surface area contributed by atoms with Gasteiger partial charge >= 0.3 is 0 Å². The summed E-state index contributed by atoms with van der Waals surface area (Å²) < 4.78 is 1.98. The average molecular weight is 216 g/mol. The number of hydrogen-bond donors (Lipinski definition) is 0. The van der Waals surface area contributed by atoms with Gasteiger partial charge in [0.15, 0.2) is 0 Å². The van der Waals surface area contributed by atoms with E-state index in [0.29, 0.717) is 5.41 Å². The molecule has 4 saturated carbocycles. The van der Waals surface area contributed by atoms with Gasteiger partial charge in [0.1, 0.15) is 0 Å². The minimum atomic E-state index is 0.531. The third-order valence-electron chi connectivity index (χ3n) is 5.36. The second-order valence-corrected chi connectivity index (χ2v) is 6.60. The lowest BCUT2D eigenvalue weighted by Gasteiger charge is -2.56. The van der Waals surface area contributed by atoms with Crippen molar-refractivity contribution < 1.29 is 0 Å². The minimum Gasteiger partial charge on any atom is -0.276 e. The Labute approximate surface area is 97.0 Å². The van der Waals surface area contributed by atoms with E-state index in [1.165, 1.54) is 44.1 Å². The Morgan fingerprint density at radius 3 is 2.12 bits per heavy atom. The highest BCUT2D eigenvalue weighted by Crippen LogP contribution is 2.60. The molecule has 16 heavy (non-hydrogen) atoms. The van der Waals surface area contributed by atoms with E-state index in [0.717, 1.165) is 17.8 Å². The van der Waals surface area contributed by atoms with Crippen molar-refractivity contribution in [2.75, 3.05) is 0 Å². The zero-order valence-electron chi connectivity index (χ0n) is 10.0. The van der Waals surface area contributed by atoms with E-state index < -0.39 is 0 Å². The van der Waals surface area contributed by atoms with Crippen molar-refractivity contribution in [3.05, 3.63) is 18.0 Å². The maximum absolute atomic E-state index is 4.39. The summed E-state index contributed by atoms with van der Waals surface area (Å²) in [6.45, 7) is 0. The van der Waals surface area contributed by atoms with Crippen LogP contribution in [0.3, 0.4) is 0 Å². The van der Waals surface area contributed by atoms with E-state index in [1.54, 1.807) is 0 Å². The van der Waals surface area contributed by atoms with Crippen molar-refractivity contribution >= 4 is 0 Å². The molecular weight excluding hydrogens is 196 g/mol. The molecule has 4 fully saturated rings. The highest BCUT2D eigenvalue weighted by atomic mass is 15.2. The van der Waals surface area contributed by atoms with Crippen LogP contribution in [0, 0.1) is 17.8 Å². The predicted octanol–water partition coefficient (Wildman–Crippen LogP) is 2.89. The third-order valence-corrected chi connectivity index (χ3v) is 5.36. The maximum Gasteiger partial charge on any atom is 0.0527 e. The van der Waals surface area contributed by atoms with Gasteiger partial charge in [-0.05, 0) is 67.3 Å². The number of aryl methyl sites for hydroxylation is 1. The molecule has 1 aromatic heterocycles. The molecule has 1 heterocycles. The highest BCUT2D eigenvalue weighted by Gasteiger charge is 2.51. The summed E-state index contributed by atoms with van der Waals surface area (Å²) in [5.41, 5.74) is 2.07. The molecule has 0 aromatic carbocycles. The van der Waals surface area contributed by atoms with Crippen molar-refractivity contribution in [1.82, 2.24) is 9.78 Å². The van der Waals surface area contributed by atoms with E-state index in [1.807, 2.05) is 11.7 Å². The Morgan fingerprint density at radius 2 is 1.69 bits per heavy atom. The van der Waals surface area contributed by atoms with Crippen molar-refractivity contribution in [3.63, 3.8) is 0 Å². The number of nitrogens with zero attached hydrogens (tertiary/aromatic N) is 2. The van der Waals surface area contributed by atoms with E-state index in [-0.39, 0.29) is 0 Å². The normalized spacial score (nSPS) is 45.2. The molecule has 86 valence electrons. The Hall–Kier alpha value is -0.790. The third kappa shape index (κ3) is 1.16. The van der Waals surface area contributed by atoms with Crippen LogP contribution in [-0.4, -0.2) is 9.78 Å². The van der Waals surface area contributed by atoms with Gasteiger partial charge in [-0.3, -0.25) is 4.68 Å². The molecule has 1 aromatic rings. The van der Waals surface area contributed by atoms with E-state index in [4.69, 9.17) is 0 Å². The van der Waals surface area contributed by atoms with Crippen LogP contribution < -0.4 is 0 Å². The second kappa shape index (κ2) is 2.91. The molecule has 4 aliphatic rings. The Bertz CT molecular complexity index is 383. The van der Waals surface area contributed by atoms with Crippen LogP contribution in [0.5, 0.6) is 0 Å². The molecule has 2 heteroatoms. The van der Waals surface area contributed by atoms with E-state index in [2.05, 4.69) is 17.5 Å². The molecule has 0 radical (unpaired) electrons. The van der Waals surface area contributed by atoms with E-state index >= 15 is 0 Å². The summed E-state index contributed by atoms with van der Waals surface area (Å²) in [6, 6.07) is 0. The molecule has 0 N–H and O–H groups in total. The van der Waals surface area contributed by atoms with Crippen molar-refractivity contribution in [1.29, 1.82) is 0 Å². The topological polar surface area (TPSA) is 17.8 Å².